The highest BCUT2D eigenvalue weighted by atomic mass is 35.5. The zero-order valence-corrected chi connectivity index (χ0v) is 11.9. The summed E-state index contributed by atoms with van der Waals surface area (Å²) < 4.78 is 0. The van der Waals surface area contributed by atoms with Gasteiger partial charge in [-0.15, -0.1) is 0 Å². The van der Waals surface area contributed by atoms with Crippen molar-refractivity contribution in [2.24, 2.45) is 11.8 Å². The molecule has 0 spiro atoms. The monoisotopic (exact) mass is 293 g/mol. The van der Waals surface area contributed by atoms with Crippen molar-refractivity contribution in [3.8, 4) is 0 Å². The molecule has 0 aliphatic heterocycles. The number of amides is 1. The largest absolute Gasteiger partial charge is 0.481 e. The zero-order valence-electron chi connectivity index (χ0n) is 11.1. The number of carbonyl (C=O) groups excluding carboxylic acids is 1. The smallest absolute Gasteiger partial charge is 0.307 e. The van der Waals surface area contributed by atoms with Crippen LogP contribution < -0.4 is 5.32 Å². The molecule has 0 saturated heterocycles. The van der Waals surface area contributed by atoms with Gasteiger partial charge in [-0.2, -0.15) is 0 Å². The summed E-state index contributed by atoms with van der Waals surface area (Å²) in [6.07, 6.45) is 2.24. The summed E-state index contributed by atoms with van der Waals surface area (Å²) in [5, 5.41) is 12.6. The number of rotatable bonds is 3. The first-order valence-corrected chi connectivity index (χ1v) is 6.80. The molecule has 5 heteroatoms. The van der Waals surface area contributed by atoms with E-state index in [0.717, 1.165) is 5.56 Å². The van der Waals surface area contributed by atoms with Crippen LogP contribution in [-0.2, 0) is 9.59 Å². The summed E-state index contributed by atoms with van der Waals surface area (Å²) in [5.41, 5.74) is 1.64. The number of aryl methyl sites for hydroxylation is 1. The minimum absolute atomic E-state index is 0.274. The molecule has 1 aromatic rings. The molecule has 1 amide bonds. The van der Waals surface area contributed by atoms with Crippen LogP contribution in [0, 0.1) is 18.8 Å². The molecule has 2 rings (SSSR count). The van der Waals surface area contributed by atoms with Crippen LogP contribution in [0.5, 0.6) is 0 Å². The number of para-hydroxylation sites is 1. The number of carboxylic acid groups (broad SMARTS) is 1. The Morgan fingerprint density at radius 2 is 2.00 bits per heavy atom. The van der Waals surface area contributed by atoms with Crippen molar-refractivity contribution in [1.29, 1.82) is 0 Å². The highest BCUT2D eigenvalue weighted by molar-refractivity contribution is 6.29. The summed E-state index contributed by atoms with van der Waals surface area (Å²) in [6, 6.07) is 7.39. The van der Waals surface area contributed by atoms with Gasteiger partial charge < -0.3 is 10.4 Å². The number of anilines is 1. The molecule has 0 heterocycles. The minimum Gasteiger partial charge on any atom is -0.481 e. The van der Waals surface area contributed by atoms with Gasteiger partial charge in [-0.05, 0) is 31.4 Å². The maximum Gasteiger partial charge on any atom is 0.307 e. The predicted molar refractivity (Wildman–Crippen MR) is 77.6 cm³/mol. The van der Waals surface area contributed by atoms with Gasteiger partial charge in [0.1, 0.15) is 0 Å². The lowest BCUT2D eigenvalue weighted by Crippen LogP contribution is -2.35. The second kappa shape index (κ2) is 6.09. The standard InChI is InChI=1S/C15H16ClNO3/c1-9-4-2-3-5-13(9)17-14(18)12-8-10(16)6-7-11(12)15(19)20/h2-6,11-12H,7-8H2,1H3,(H,17,18)(H,19,20)/t11-,12+/m1/s1. The Morgan fingerprint density at radius 3 is 2.65 bits per heavy atom. The second-order valence-corrected chi connectivity index (χ2v) is 5.43. The van der Waals surface area contributed by atoms with E-state index in [-0.39, 0.29) is 12.3 Å². The molecule has 0 radical (unpaired) electrons. The molecule has 106 valence electrons. The number of carbonyl (C=O) groups is 2. The zero-order chi connectivity index (χ0) is 14.7. The third-order valence-electron chi connectivity index (χ3n) is 3.55. The van der Waals surface area contributed by atoms with Crippen molar-refractivity contribution in [1.82, 2.24) is 0 Å². The van der Waals surface area contributed by atoms with Gasteiger partial charge in [0.25, 0.3) is 0 Å². The average Bonchev–Trinajstić information content (AvgIpc) is 2.40. The van der Waals surface area contributed by atoms with Crippen molar-refractivity contribution in [2.45, 2.75) is 19.8 Å². The van der Waals surface area contributed by atoms with Gasteiger partial charge in [0.05, 0.1) is 11.8 Å². The highest BCUT2D eigenvalue weighted by Crippen LogP contribution is 2.33. The third-order valence-corrected chi connectivity index (χ3v) is 3.86. The fourth-order valence-corrected chi connectivity index (χ4v) is 2.60. The fraction of sp³-hybridized carbons (Fsp3) is 0.333. The molecule has 0 saturated carbocycles. The summed E-state index contributed by atoms with van der Waals surface area (Å²) in [7, 11) is 0. The molecular formula is C15H16ClNO3. The van der Waals surface area contributed by atoms with Crippen molar-refractivity contribution >= 4 is 29.2 Å². The molecule has 2 N–H and O–H groups in total. The Hall–Kier alpha value is -1.81. The van der Waals surface area contributed by atoms with Crippen LogP contribution in [0.25, 0.3) is 0 Å². The minimum atomic E-state index is -0.963. The molecular weight excluding hydrogens is 278 g/mol. The van der Waals surface area contributed by atoms with Crippen molar-refractivity contribution in [3.63, 3.8) is 0 Å². The Bertz CT molecular complexity index is 568. The lowest BCUT2D eigenvalue weighted by atomic mass is 9.82. The summed E-state index contributed by atoms with van der Waals surface area (Å²) in [4.78, 5) is 23.6. The van der Waals surface area contributed by atoms with Crippen LogP contribution in [-0.4, -0.2) is 17.0 Å². The third kappa shape index (κ3) is 3.20. The van der Waals surface area contributed by atoms with E-state index in [9.17, 15) is 14.7 Å². The number of carboxylic acids is 1. The normalized spacial score (nSPS) is 22.0. The molecule has 0 fully saturated rings. The molecule has 20 heavy (non-hydrogen) atoms. The van der Waals surface area contributed by atoms with E-state index in [1.54, 1.807) is 12.1 Å². The van der Waals surface area contributed by atoms with Crippen molar-refractivity contribution < 1.29 is 14.7 Å². The number of hydrogen-bond donors (Lipinski definition) is 2. The predicted octanol–water partition coefficient (Wildman–Crippen LogP) is 3.17. The van der Waals surface area contributed by atoms with E-state index in [2.05, 4.69) is 5.32 Å². The van der Waals surface area contributed by atoms with E-state index in [1.807, 2.05) is 25.1 Å². The van der Waals surface area contributed by atoms with Crippen LogP contribution >= 0.6 is 11.6 Å². The van der Waals surface area contributed by atoms with Crippen LogP contribution in [0.2, 0.25) is 0 Å². The second-order valence-electron chi connectivity index (χ2n) is 4.95. The number of aliphatic carboxylic acids is 1. The Kier molecular flexibility index (Phi) is 4.45. The lowest BCUT2D eigenvalue weighted by Gasteiger charge is -2.26. The molecule has 2 atom stereocenters. The number of hydrogen-bond acceptors (Lipinski definition) is 2. The van der Waals surface area contributed by atoms with E-state index in [4.69, 9.17) is 11.6 Å². The van der Waals surface area contributed by atoms with Crippen LogP contribution in [0.4, 0.5) is 5.69 Å². The maximum absolute atomic E-state index is 12.3. The van der Waals surface area contributed by atoms with Crippen LogP contribution in [0.15, 0.2) is 35.4 Å². The SMILES string of the molecule is Cc1ccccc1NC(=O)[C@H]1CC(Cl)=CC[C@H]1C(=O)O. The molecule has 1 aliphatic carbocycles. The van der Waals surface area contributed by atoms with Crippen LogP contribution in [0.1, 0.15) is 18.4 Å². The summed E-state index contributed by atoms with van der Waals surface area (Å²) >= 11 is 5.95. The fourth-order valence-electron chi connectivity index (χ4n) is 2.34. The van der Waals surface area contributed by atoms with Gasteiger partial charge in [-0.3, -0.25) is 9.59 Å². The van der Waals surface area contributed by atoms with Gasteiger partial charge in [0.15, 0.2) is 0 Å². The van der Waals surface area contributed by atoms with E-state index < -0.39 is 17.8 Å². The highest BCUT2D eigenvalue weighted by Gasteiger charge is 2.36. The Balaban J connectivity index is 2.17. The van der Waals surface area contributed by atoms with Gasteiger partial charge in [-0.1, -0.05) is 35.9 Å². The number of nitrogens with one attached hydrogen (secondary N) is 1. The molecule has 4 nitrogen and oxygen atoms in total. The van der Waals surface area contributed by atoms with Crippen molar-refractivity contribution in [2.75, 3.05) is 5.32 Å². The van der Waals surface area contributed by atoms with E-state index in [0.29, 0.717) is 17.1 Å². The van der Waals surface area contributed by atoms with Gasteiger partial charge in [-0.25, -0.2) is 0 Å². The molecule has 1 aliphatic rings. The van der Waals surface area contributed by atoms with Gasteiger partial charge in [0.2, 0.25) is 5.91 Å². The molecule has 1 aromatic carbocycles. The first-order valence-electron chi connectivity index (χ1n) is 6.43. The number of halogens is 1. The molecule has 0 aromatic heterocycles. The molecule has 0 unspecified atom stereocenters. The quantitative estimate of drug-likeness (QED) is 0.899. The van der Waals surface area contributed by atoms with E-state index in [1.165, 1.54) is 0 Å². The Morgan fingerprint density at radius 1 is 1.30 bits per heavy atom. The van der Waals surface area contributed by atoms with Crippen molar-refractivity contribution in [3.05, 3.63) is 40.9 Å². The summed E-state index contributed by atoms with van der Waals surface area (Å²) in [6.45, 7) is 1.89. The maximum atomic E-state index is 12.3. The van der Waals surface area contributed by atoms with Gasteiger partial charge in [0, 0.05) is 10.7 Å². The first-order chi connectivity index (χ1) is 9.49. The first kappa shape index (κ1) is 14.6. The Labute approximate surface area is 122 Å². The topological polar surface area (TPSA) is 66.4 Å². The van der Waals surface area contributed by atoms with E-state index >= 15 is 0 Å². The number of allylic oxidation sites excluding steroid dienone is 2. The summed E-state index contributed by atoms with van der Waals surface area (Å²) in [5.74, 6) is -2.61. The van der Waals surface area contributed by atoms with Gasteiger partial charge >= 0.3 is 5.97 Å². The molecule has 0 bridgehead atoms. The average molecular weight is 294 g/mol. The number of benzene rings is 1. The van der Waals surface area contributed by atoms with Crippen LogP contribution in [0.3, 0.4) is 0 Å². The lowest BCUT2D eigenvalue weighted by molar-refractivity contribution is -0.146.